The zero-order chi connectivity index (χ0) is 16.0. The predicted molar refractivity (Wildman–Crippen MR) is 91.3 cm³/mol. The van der Waals surface area contributed by atoms with E-state index < -0.39 is 17.3 Å². The summed E-state index contributed by atoms with van der Waals surface area (Å²) in [6.45, 7) is 6.27. The van der Waals surface area contributed by atoms with E-state index in [4.69, 9.17) is 0 Å². The Morgan fingerprint density at radius 2 is 1.55 bits per heavy atom. The van der Waals surface area contributed by atoms with Gasteiger partial charge in [0.1, 0.15) is 5.75 Å². The molecular weight excluding hydrogens is 527 g/mol. The van der Waals surface area contributed by atoms with Gasteiger partial charge in [0.05, 0.1) is 5.56 Å². The summed E-state index contributed by atoms with van der Waals surface area (Å²) in [4.78, 5) is 21.4. The van der Waals surface area contributed by atoms with Crippen molar-refractivity contribution in [1.29, 1.82) is 0 Å². The molecule has 0 atom stereocenters. The third kappa shape index (κ3) is 5.16. The van der Waals surface area contributed by atoms with Gasteiger partial charge in [0, 0.05) is 4.92 Å². The van der Waals surface area contributed by atoms with E-state index in [1.807, 2.05) is 13.8 Å². The average molecular weight is 542 g/mol. The van der Waals surface area contributed by atoms with Gasteiger partial charge < -0.3 is 5.11 Å². The number of nitro groups is 1. The van der Waals surface area contributed by atoms with Gasteiger partial charge in [-0.3, -0.25) is 14.9 Å². The number of carbonyl (C=O) groups is 1. The van der Waals surface area contributed by atoms with E-state index in [-0.39, 0.29) is 11.3 Å². The fourth-order valence-corrected chi connectivity index (χ4v) is 1.83. The van der Waals surface area contributed by atoms with E-state index in [9.17, 15) is 20.0 Å². The molecule has 0 aliphatic carbocycles. The molecule has 8 heteroatoms. The standard InChI is InChI=1S/C12H15NO4.2HI.V/c1-6-7(2)9(4)12(15)11(8(6)3)10(14)5-13(16)17;;;/h15H,5H2,1-4H3;2*1H;/q;;;+2/p-2. The molecule has 0 radical (unpaired) electrons. The van der Waals surface area contributed by atoms with Crippen molar-refractivity contribution in [1.82, 2.24) is 0 Å². The van der Waals surface area contributed by atoms with Crippen molar-refractivity contribution in [3.63, 3.8) is 0 Å². The monoisotopic (exact) mass is 542 g/mol. The summed E-state index contributed by atoms with van der Waals surface area (Å²) in [6, 6.07) is 0. The third-order valence-corrected chi connectivity index (χ3v) is 3.21. The first-order chi connectivity index (χ1) is 9.18. The van der Waals surface area contributed by atoms with Crippen LogP contribution in [0.5, 0.6) is 5.75 Å². The number of benzene rings is 1. The summed E-state index contributed by atoms with van der Waals surface area (Å²) in [6.07, 6.45) is 0. The second kappa shape index (κ2) is 9.21. The molecule has 0 fully saturated rings. The minimum absolute atomic E-state index is 0.0716. The second-order valence-electron chi connectivity index (χ2n) is 4.20. The van der Waals surface area contributed by atoms with E-state index in [2.05, 4.69) is 40.0 Å². The molecule has 0 saturated heterocycles. The first-order valence-corrected chi connectivity index (χ1v) is 14.6. The quantitative estimate of drug-likeness (QED) is 0.273. The molecule has 1 aromatic rings. The molecule has 0 amide bonds. The van der Waals surface area contributed by atoms with Gasteiger partial charge in [-0.05, 0) is 49.9 Å². The molecule has 1 N–H and O–H groups in total. The van der Waals surface area contributed by atoms with Crippen LogP contribution in [0.25, 0.3) is 0 Å². The normalized spacial score (nSPS) is 9.50. The summed E-state index contributed by atoms with van der Waals surface area (Å²) in [5.74, 6) is -0.798. The van der Waals surface area contributed by atoms with Gasteiger partial charge in [0.2, 0.25) is 5.78 Å². The molecule has 1 aromatic carbocycles. The van der Waals surface area contributed by atoms with Crippen LogP contribution in [-0.4, -0.2) is 22.4 Å². The number of nitrogens with zero attached hydrogens (tertiary/aromatic N) is 1. The maximum absolute atomic E-state index is 11.7. The Balaban J connectivity index is 0.00000110. The van der Waals surface area contributed by atoms with Crippen molar-refractivity contribution in [2.75, 3.05) is 6.54 Å². The Morgan fingerprint density at radius 1 is 1.15 bits per heavy atom. The molecule has 0 aromatic heterocycles. The van der Waals surface area contributed by atoms with Crippen LogP contribution in [0.15, 0.2) is 0 Å². The van der Waals surface area contributed by atoms with Crippen molar-refractivity contribution >= 4 is 45.7 Å². The average Bonchev–Trinajstić information content (AvgIpc) is 2.34. The van der Waals surface area contributed by atoms with Crippen LogP contribution in [0.3, 0.4) is 0 Å². The van der Waals surface area contributed by atoms with Gasteiger partial charge >= 0.3 is 49.4 Å². The first-order valence-electron chi connectivity index (χ1n) is 5.55. The molecule has 0 saturated carbocycles. The predicted octanol–water partition coefficient (Wildman–Crippen LogP) is 3.85. The maximum atomic E-state index is 11.7. The number of ketones is 1. The van der Waals surface area contributed by atoms with Gasteiger partial charge in [-0.1, -0.05) is 0 Å². The molecule has 0 bridgehead atoms. The Morgan fingerprint density at radius 3 is 1.95 bits per heavy atom. The number of hydrogen-bond donors (Lipinski definition) is 1. The van der Waals surface area contributed by atoms with Crippen molar-refractivity contribution < 1.29 is 24.3 Å². The Bertz CT molecular complexity index is 506. The molecule has 1 rings (SSSR count). The molecule has 111 valence electrons. The molecule has 0 spiro atoms. The van der Waals surface area contributed by atoms with Crippen LogP contribution in [0, 0.1) is 37.8 Å². The zero-order valence-electron chi connectivity index (χ0n) is 11.5. The summed E-state index contributed by atoms with van der Waals surface area (Å²) in [5, 5.41) is 20.3. The zero-order valence-corrected chi connectivity index (χ0v) is 17.2. The molecule has 0 aliphatic rings. The van der Waals surface area contributed by atoms with Crippen LogP contribution in [0.4, 0.5) is 0 Å². The van der Waals surface area contributed by atoms with Crippen LogP contribution < -0.4 is 0 Å². The molecule has 0 unspecified atom stereocenters. The third-order valence-electron chi connectivity index (χ3n) is 3.21. The SMILES string of the molecule is Cc1c(C)c(C)c(C(=O)C[N+](=O)[O-])c(O)c1C.[I][V][I]. The molecule has 0 heterocycles. The Labute approximate surface area is 146 Å². The van der Waals surface area contributed by atoms with Crippen molar-refractivity contribution in [2.24, 2.45) is 0 Å². The van der Waals surface area contributed by atoms with E-state index >= 15 is 0 Å². The van der Waals surface area contributed by atoms with Gasteiger partial charge in [-0.25, -0.2) is 0 Å². The number of rotatable bonds is 3. The van der Waals surface area contributed by atoms with Gasteiger partial charge in [0.15, 0.2) is 0 Å². The van der Waals surface area contributed by atoms with Gasteiger partial charge in [0.25, 0.3) is 6.54 Å². The van der Waals surface area contributed by atoms with Crippen LogP contribution in [0.2, 0.25) is 0 Å². The molecule has 0 aliphatic heterocycles. The summed E-state index contributed by atoms with van der Waals surface area (Å²) in [5.41, 5.74) is 3.06. The molecular formula is C12H15I2NO4V. The number of phenolic OH excluding ortho intramolecular Hbond substituents is 1. The minimum atomic E-state index is -0.795. The van der Waals surface area contributed by atoms with Gasteiger partial charge in [-0.2, -0.15) is 0 Å². The topological polar surface area (TPSA) is 80.4 Å². The number of Topliss-reactive ketones (excluding diaryl/α,β-unsaturated/α-hetero) is 1. The van der Waals surface area contributed by atoms with E-state index in [0.717, 1.165) is 11.1 Å². The summed E-state index contributed by atoms with van der Waals surface area (Å²) < 4.78 is 0. The number of phenols is 1. The number of carbonyl (C=O) groups excluding carboxylic acids is 1. The number of hydrogen-bond acceptors (Lipinski definition) is 4. The van der Waals surface area contributed by atoms with Crippen LogP contribution >= 0.6 is 40.0 Å². The first kappa shape index (κ1) is 20.1. The fraction of sp³-hybridized carbons (Fsp3) is 0.417. The van der Waals surface area contributed by atoms with Crippen molar-refractivity contribution in [3.05, 3.63) is 37.9 Å². The van der Waals surface area contributed by atoms with E-state index in [1.54, 1.807) is 13.8 Å². The van der Waals surface area contributed by atoms with Crippen LogP contribution in [0.1, 0.15) is 32.6 Å². The second-order valence-corrected chi connectivity index (χ2v) is 16.0. The Kier molecular flexibility index (Phi) is 9.27. The van der Waals surface area contributed by atoms with Crippen LogP contribution in [-0.2, 0) is 9.47 Å². The van der Waals surface area contributed by atoms with Crippen molar-refractivity contribution in [3.8, 4) is 5.75 Å². The van der Waals surface area contributed by atoms with E-state index in [1.165, 1.54) is 0 Å². The van der Waals surface area contributed by atoms with Crippen molar-refractivity contribution in [2.45, 2.75) is 27.7 Å². The van der Waals surface area contributed by atoms with E-state index in [0.29, 0.717) is 20.6 Å². The molecule has 5 nitrogen and oxygen atoms in total. The summed E-state index contributed by atoms with van der Waals surface area (Å²) >= 11 is 4.74. The summed E-state index contributed by atoms with van der Waals surface area (Å²) in [7, 11) is 0.628. The molecule has 20 heavy (non-hydrogen) atoms. The fourth-order valence-electron chi connectivity index (χ4n) is 1.83. The van der Waals surface area contributed by atoms with Gasteiger partial charge in [-0.15, -0.1) is 0 Å². The number of halogens is 2. The number of aromatic hydroxyl groups is 1. The Hall–Kier alpha value is 0.134.